The van der Waals surface area contributed by atoms with Gasteiger partial charge in [-0.25, -0.2) is 17.6 Å². The van der Waals surface area contributed by atoms with Crippen molar-refractivity contribution >= 4 is 0 Å². The number of tetrazole rings is 1. The van der Waals surface area contributed by atoms with E-state index in [2.05, 4.69) is 20.8 Å². The average molecular weight is 303 g/mol. The van der Waals surface area contributed by atoms with Crippen molar-refractivity contribution in [1.29, 1.82) is 0 Å². The van der Waals surface area contributed by atoms with Crippen molar-refractivity contribution in [3.05, 3.63) is 35.2 Å². The number of nitrogens with zero attached hydrogens (tertiary/aromatic N) is 4. The maximum atomic E-state index is 13.8. The SMILES string of the molecule is CCCNC(C)c1nnnn1-c1c(F)c(F)cc(F)c1F. The molecule has 21 heavy (non-hydrogen) atoms. The summed E-state index contributed by atoms with van der Waals surface area (Å²) in [4.78, 5) is 0. The zero-order valence-corrected chi connectivity index (χ0v) is 11.4. The normalized spacial score (nSPS) is 12.7. The molecule has 0 aliphatic heterocycles. The molecule has 1 unspecified atom stereocenters. The van der Waals surface area contributed by atoms with Crippen LogP contribution < -0.4 is 5.32 Å². The molecule has 5 nitrogen and oxygen atoms in total. The van der Waals surface area contributed by atoms with Gasteiger partial charge in [0.25, 0.3) is 0 Å². The van der Waals surface area contributed by atoms with E-state index < -0.39 is 35.0 Å². The molecule has 0 bridgehead atoms. The summed E-state index contributed by atoms with van der Waals surface area (Å²) < 4.78 is 54.8. The summed E-state index contributed by atoms with van der Waals surface area (Å²) >= 11 is 0. The van der Waals surface area contributed by atoms with Gasteiger partial charge < -0.3 is 5.32 Å². The Morgan fingerprint density at radius 2 is 1.81 bits per heavy atom. The molecule has 2 aromatic rings. The van der Waals surface area contributed by atoms with Gasteiger partial charge in [-0.15, -0.1) is 5.10 Å². The highest BCUT2D eigenvalue weighted by molar-refractivity contribution is 5.36. The lowest BCUT2D eigenvalue weighted by Gasteiger charge is -2.14. The summed E-state index contributed by atoms with van der Waals surface area (Å²) in [6, 6.07) is -0.318. The van der Waals surface area contributed by atoms with Gasteiger partial charge in [0.05, 0.1) is 6.04 Å². The highest BCUT2D eigenvalue weighted by Gasteiger charge is 2.25. The first-order valence-electron chi connectivity index (χ1n) is 6.32. The summed E-state index contributed by atoms with van der Waals surface area (Å²) in [7, 11) is 0. The summed E-state index contributed by atoms with van der Waals surface area (Å²) in [6.45, 7) is 4.23. The van der Waals surface area contributed by atoms with Gasteiger partial charge in [-0.05, 0) is 30.3 Å². The number of hydrogen-bond acceptors (Lipinski definition) is 4. The van der Waals surface area contributed by atoms with E-state index in [0.29, 0.717) is 11.2 Å². The summed E-state index contributed by atoms with van der Waals surface area (Å²) in [6.07, 6.45) is 0.823. The van der Waals surface area contributed by atoms with Crippen molar-refractivity contribution in [2.75, 3.05) is 6.54 Å². The molecule has 1 heterocycles. The molecule has 9 heteroatoms. The summed E-state index contributed by atoms with van der Waals surface area (Å²) in [5, 5.41) is 13.4. The Morgan fingerprint density at radius 3 is 2.38 bits per heavy atom. The van der Waals surface area contributed by atoms with E-state index in [4.69, 9.17) is 0 Å². The second-order valence-electron chi connectivity index (χ2n) is 4.44. The van der Waals surface area contributed by atoms with Crippen molar-refractivity contribution in [3.8, 4) is 5.69 Å². The van der Waals surface area contributed by atoms with Gasteiger partial charge in [0.2, 0.25) is 0 Å². The van der Waals surface area contributed by atoms with E-state index in [-0.39, 0.29) is 11.9 Å². The van der Waals surface area contributed by atoms with Gasteiger partial charge >= 0.3 is 0 Å². The molecule has 1 atom stereocenters. The number of halogens is 4. The largest absolute Gasteiger partial charge is 0.307 e. The molecule has 0 radical (unpaired) electrons. The van der Waals surface area contributed by atoms with Crippen LogP contribution in [0, 0.1) is 23.3 Å². The Kier molecular flexibility index (Phi) is 4.51. The zero-order chi connectivity index (χ0) is 15.6. The van der Waals surface area contributed by atoms with E-state index >= 15 is 0 Å². The molecule has 114 valence electrons. The Balaban J connectivity index is 2.52. The van der Waals surface area contributed by atoms with Crippen LogP contribution in [-0.2, 0) is 0 Å². The predicted molar refractivity (Wildman–Crippen MR) is 65.7 cm³/mol. The fourth-order valence-corrected chi connectivity index (χ4v) is 1.82. The van der Waals surface area contributed by atoms with E-state index in [0.717, 1.165) is 6.42 Å². The van der Waals surface area contributed by atoms with Crippen LogP contribution in [0.3, 0.4) is 0 Å². The lowest BCUT2D eigenvalue weighted by atomic mass is 10.2. The third-order valence-corrected chi connectivity index (χ3v) is 2.88. The maximum Gasteiger partial charge on any atom is 0.187 e. The Morgan fingerprint density at radius 1 is 1.19 bits per heavy atom. The van der Waals surface area contributed by atoms with Crippen LogP contribution in [0.25, 0.3) is 5.69 Å². The quantitative estimate of drug-likeness (QED) is 0.680. The number of nitrogens with one attached hydrogen (secondary N) is 1. The minimum Gasteiger partial charge on any atom is -0.307 e. The van der Waals surface area contributed by atoms with Gasteiger partial charge in [-0.1, -0.05) is 6.92 Å². The monoisotopic (exact) mass is 303 g/mol. The smallest absolute Gasteiger partial charge is 0.187 e. The van der Waals surface area contributed by atoms with E-state index in [1.165, 1.54) is 0 Å². The Labute approximate surface area is 118 Å². The molecule has 0 spiro atoms. The molecule has 0 saturated carbocycles. The van der Waals surface area contributed by atoms with Crippen LogP contribution in [0.2, 0.25) is 0 Å². The van der Waals surface area contributed by atoms with Crippen LogP contribution in [0.15, 0.2) is 6.07 Å². The zero-order valence-electron chi connectivity index (χ0n) is 11.4. The third kappa shape index (κ3) is 2.87. The van der Waals surface area contributed by atoms with Crippen LogP contribution >= 0.6 is 0 Å². The molecular formula is C12H13F4N5. The molecule has 0 saturated heterocycles. The fraction of sp³-hybridized carbons (Fsp3) is 0.417. The summed E-state index contributed by atoms with van der Waals surface area (Å²) in [5.41, 5.74) is -0.974. The standard InChI is InChI=1S/C12H13F4N5/c1-3-4-17-6(2)12-18-19-20-21(12)11-9(15)7(13)5-8(14)10(11)16/h5-6,17H,3-4H2,1-2H3. The van der Waals surface area contributed by atoms with Crippen molar-refractivity contribution in [2.24, 2.45) is 0 Å². The van der Waals surface area contributed by atoms with Gasteiger partial charge in [0.1, 0.15) is 5.69 Å². The topological polar surface area (TPSA) is 55.6 Å². The maximum absolute atomic E-state index is 13.8. The molecule has 0 aliphatic carbocycles. The van der Waals surface area contributed by atoms with Crippen LogP contribution in [0.5, 0.6) is 0 Å². The first-order valence-corrected chi connectivity index (χ1v) is 6.32. The van der Waals surface area contributed by atoms with Crippen molar-refractivity contribution < 1.29 is 17.6 Å². The Hall–Kier alpha value is -2.03. The number of rotatable bonds is 5. The molecule has 1 aromatic carbocycles. The lowest BCUT2D eigenvalue weighted by Crippen LogP contribution is -2.23. The van der Waals surface area contributed by atoms with Crippen LogP contribution in [0.1, 0.15) is 32.1 Å². The molecule has 2 rings (SSSR count). The fourth-order valence-electron chi connectivity index (χ4n) is 1.82. The van der Waals surface area contributed by atoms with Gasteiger partial charge in [-0.2, -0.15) is 4.68 Å². The second-order valence-corrected chi connectivity index (χ2v) is 4.44. The van der Waals surface area contributed by atoms with E-state index in [1.54, 1.807) is 6.92 Å². The lowest BCUT2D eigenvalue weighted by molar-refractivity contribution is 0.437. The predicted octanol–water partition coefficient (Wildman–Crippen LogP) is 2.28. The number of aromatic nitrogens is 4. The van der Waals surface area contributed by atoms with Crippen molar-refractivity contribution in [3.63, 3.8) is 0 Å². The van der Waals surface area contributed by atoms with Crippen molar-refractivity contribution in [2.45, 2.75) is 26.3 Å². The third-order valence-electron chi connectivity index (χ3n) is 2.88. The second kappa shape index (κ2) is 6.17. The number of benzene rings is 1. The first kappa shape index (κ1) is 15.4. The molecular weight excluding hydrogens is 290 g/mol. The molecule has 0 fully saturated rings. The van der Waals surface area contributed by atoms with Crippen LogP contribution in [0.4, 0.5) is 17.6 Å². The van der Waals surface area contributed by atoms with Crippen molar-refractivity contribution in [1.82, 2.24) is 25.5 Å². The molecule has 1 aromatic heterocycles. The van der Waals surface area contributed by atoms with E-state index in [9.17, 15) is 17.6 Å². The molecule has 0 amide bonds. The molecule has 1 N–H and O–H groups in total. The van der Waals surface area contributed by atoms with Gasteiger partial charge in [0, 0.05) is 6.07 Å². The Bertz CT molecular complexity index is 617. The molecule has 0 aliphatic rings. The number of hydrogen-bond donors (Lipinski definition) is 1. The average Bonchev–Trinajstić information content (AvgIpc) is 2.92. The van der Waals surface area contributed by atoms with E-state index in [1.807, 2.05) is 6.92 Å². The van der Waals surface area contributed by atoms with Crippen LogP contribution in [-0.4, -0.2) is 26.8 Å². The first-order chi connectivity index (χ1) is 9.97. The van der Waals surface area contributed by atoms with Gasteiger partial charge in [-0.3, -0.25) is 0 Å². The highest BCUT2D eigenvalue weighted by Crippen LogP contribution is 2.24. The highest BCUT2D eigenvalue weighted by atomic mass is 19.2. The van der Waals surface area contributed by atoms with Gasteiger partial charge in [0.15, 0.2) is 29.1 Å². The minimum atomic E-state index is -1.55. The minimum absolute atomic E-state index is 0.0475. The summed E-state index contributed by atoms with van der Waals surface area (Å²) in [5.74, 6) is -6.08.